The number of hydrogen-bond donors (Lipinski definition) is 0. The van der Waals surface area contributed by atoms with Crippen LogP contribution in [0.4, 0.5) is 5.95 Å². The first-order valence-corrected chi connectivity index (χ1v) is 8.93. The lowest BCUT2D eigenvalue weighted by atomic mass is 10.2. The SMILES string of the molecule is Cc1cc(CSc2nnc(N3CCOCC3)n2CC(C)C)no1. The molecule has 3 heterocycles. The molecule has 0 aromatic carbocycles. The monoisotopic (exact) mass is 337 g/mol. The summed E-state index contributed by atoms with van der Waals surface area (Å²) in [4.78, 5) is 2.25. The van der Waals surface area contributed by atoms with E-state index in [1.807, 2.05) is 13.0 Å². The largest absolute Gasteiger partial charge is 0.378 e. The van der Waals surface area contributed by atoms with Crippen molar-refractivity contribution in [2.45, 2.75) is 38.2 Å². The van der Waals surface area contributed by atoms with Gasteiger partial charge >= 0.3 is 0 Å². The van der Waals surface area contributed by atoms with Gasteiger partial charge < -0.3 is 14.2 Å². The second-order valence-electron chi connectivity index (χ2n) is 6.10. The molecule has 3 rings (SSSR count). The van der Waals surface area contributed by atoms with Gasteiger partial charge in [0.1, 0.15) is 5.76 Å². The average molecular weight is 337 g/mol. The van der Waals surface area contributed by atoms with Crippen LogP contribution >= 0.6 is 11.8 Å². The van der Waals surface area contributed by atoms with Gasteiger partial charge in [0.25, 0.3) is 0 Å². The first-order chi connectivity index (χ1) is 11.1. The summed E-state index contributed by atoms with van der Waals surface area (Å²) < 4.78 is 12.8. The number of hydrogen-bond acceptors (Lipinski definition) is 7. The molecule has 0 N–H and O–H groups in total. The van der Waals surface area contributed by atoms with E-state index in [1.54, 1.807) is 11.8 Å². The molecule has 1 saturated heterocycles. The van der Waals surface area contributed by atoms with Crippen LogP contribution < -0.4 is 4.90 Å². The van der Waals surface area contributed by atoms with Gasteiger partial charge in [-0.1, -0.05) is 30.8 Å². The van der Waals surface area contributed by atoms with E-state index in [9.17, 15) is 0 Å². The summed E-state index contributed by atoms with van der Waals surface area (Å²) in [5.74, 6) is 3.04. The molecule has 7 nitrogen and oxygen atoms in total. The zero-order valence-corrected chi connectivity index (χ0v) is 14.7. The first-order valence-electron chi connectivity index (χ1n) is 7.94. The van der Waals surface area contributed by atoms with Crippen molar-refractivity contribution in [2.24, 2.45) is 5.92 Å². The van der Waals surface area contributed by atoms with Crippen LogP contribution in [0.2, 0.25) is 0 Å². The molecule has 0 radical (unpaired) electrons. The van der Waals surface area contributed by atoms with Crippen LogP contribution in [-0.4, -0.2) is 46.2 Å². The highest BCUT2D eigenvalue weighted by atomic mass is 32.2. The quantitative estimate of drug-likeness (QED) is 0.749. The summed E-state index contributed by atoms with van der Waals surface area (Å²) in [6.07, 6.45) is 0. The Hall–Kier alpha value is -1.54. The van der Waals surface area contributed by atoms with Gasteiger partial charge in [-0.25, -0.2) is 0 Å². The molecule has 2 aromatic rings. The fourth-order valence-corrected chi connectivity index (χ4v) is 3.36. The second kappa shape index (κ2) is 7.35. The van der Waals surface area contributed by atoms with Crippen LogP contribution in [0, 0.1) is 12.8 Å². The third kappa shape index (κ3) is 4.06. The number of aromatic nitrogens is 4. The number of nitrogens with zero attached hydrogens (tertiary/aromatic N) is 5. The van der Waals surface area contributed by atoms with Gasteiger partial charge in [-0.05, 0) is 12.8 Å². The zero-order chi connectivity index (χ0) is 16.2. The van der Waals surface area contributed by atoms with Gasteiger partial charge in [-0.3, -0.25) is 4.57 Å². The molecule has 0 atom stereocenters. The topological polar surface area (TPSA) is 69.2 Å². The van der Waals surface area contributed by atoms with E-state index < -0.39 is 0 Å². The Morgan fingerprint density at radius 1 is 1.26 bits per heavy atom. The molecule has 0 bridgehead atoms. The smallest absolute Gasteiger partial charge is 0.228 e. The number of thioether (sulfide) groups is 1. The number of ether oxygens (including phenoxy) is 1. The van der Waals surface area contributed by atoms with E-state index in [1.165, 1.54) is 0 Å². The summed E-state index contributed by atoms with van der Waals surface area (Å²) in [5.41, 5.74) is 0.930. The highest BCUT2D eigenvalue weighted by Gasteiger charge is 2.21. The van der Waals surface area contributed by atoms with E-state index in [4.69, 9.17) is 9.26 Å². The zero-order valence-electron chi connectivity index (χ0n) is 13.9. The molecule has 0 saturated carbocycles. The lowest BCUT2D eigenvalue weighted by molar-refractivity contribution is 0.121. The van der Waals surface area contributed by atoms with Gasteiger partial charge in [-0.2, -0.15) is 0 Å². The minimum Gasteiger partial charge on any atom is -0.378 e. The summed E-state index contributed by atoms with van der Waals surface area (Å²) in [6, 6.07) is 1.96. The van der Waals surface area contributed by atoms with Crippen molar-refractivity contribution in [3.63, 3.8) is 0 Å². The van der Waals surface area contributed by atoms with Crippen LogP contribution in [-0.2, 0) is 17.0 Å². The minimum absolute atomic E-state index is 0.527. The predicted octanol–water partition coefficient (Wildman–Crippen LogP) is 2.36. The summed E-state index contributed by atoms with van der Waals surface area (Å²) >= 11 is 1.65. The van der Waals surface area contributed by atoms with E-state index in [0.29, 0.717) is 5.92 Å². The number of rotatable bonds is 6. The van der Waals surface area contributed by atoms with Crippen molar-refractivity contribution in [1.82, 2.24) is 19.9 Å². The Bertz CT molecular complexity index is 634. The fraction of sp³-hybridized carbons (Fsp3) is 0.667. The Kier molecular flexibility index (Phi) is 5.22. The Labute approximate surface area is 140 Å². The number of aryl methyl sites for hydroxylation is 1. The molecule has 1 fully saturated rings. The molecular formula is C15H23N5O2S. The normalized spacial score (nSPS) is 15.6. The molecular weight excluding hydrogens is 314 g/mol. The maximum Gasteiger partial charge on any atom is 0.228 e. The van der Waals surface area contributed by atoms with Crippen LogP contribution in [0.15, 0.2) is 15.7 Å². The molecule has 126 valence electrons. The number of morpholine rings is 1. The highest BCUT2D eigenvalue weighted by molar-refractivity contribution is 7.98. The van der Waals surface area contributed by atoms with Crippen molar-refractivity contribution in [1.29, 1.82) is 0 Å². The van der Waals surface area contributed by atoms with Gasteiger partial charge in [0.2, 0.25) is 5.95 Å². The molecule has 0 aliphatic carbocycles. The van der Waals surface area contributed by atoms with Gasteiger partial charge in [-0.15, -0.1) is 10.2 Å². The molecule has 2 aromatic heterocycles. The molecule has 1 aliphatic rings. The van der Waals surface area contributed by atoms with Crippen LogP contribution in [0.25, 0.3) is 0 Å². The van der Waals surface area contributed by atoms with Crippen molar-refractivity contribution >= 4 is 17.7 Å². The lowest BCUT2D eigenvalue weighted by Gasteiger charge is -2.28. The van der Waals surface area contributed by atoms with Crippen molar-refractivity contribution in [3.05, 3.63) is 17.5 Å². The maximum atomic E-state index is 5.43. The fourth-order valence-electron chi connectivity index (χ4n) is 2.53. The van der Waals surface area contributed by atoms with Gasteiger partial charge in [0.05, 0.1) is 18.9 Å². The first kappa shape index (κ1) is 16.3. The highest BCUT2D eigenvalue weighted by Crippen LogP contribution is 2.26. The third-order valence-corrected chi connectivity index (χ3v) is 4.57. The van der Waals surface area contributed by atoms with Gasteiger partial charge in [0, 0.05) is 31.5 Å². The van der Waals surface area contributed by atoms with Crippen molar-refractivity contribution < 1.29 is 9.26 Å². The third-order valence-electron chi connectivity index (χ3n) is 3.56. The van der Waals surface area contributed by atoms with Crippen LogP contribution in [0.3, 0.4) is 0 Å². The summed E-state index contributed by atoms with van der Waals surface area (Å²) in [5, 5.41) is 13.8. The molecule has 8 heteroatoms. The second-order valence-corrected chi connectivity index (χ2v) is 7.05. The Morgan fingerprint density at radius 3 is 2.70 bits per heavy atom. The van der Waals surface area contributed by atoms with Gasteiger partial charge in [0.15, 0.2) is 5.16 Å². The van der Waals surface area contributed by atoms with E-state index in [-0.39, 0.29) is 0 Å². The summed E-state index contributed by atoms with van der Waals surface area (Å²) in [6.45, 7) is 10.4. The molecule has 0 unspecified atom stereocenters. The van der Waals surface area contributed by atoms with Crippen LogP contribution in [0.5, 0.6) is 0 Å². The van der Waals surface area contributed by atoms with Crippen LogP contribution in [0.1, 0.15) is 25.3 Å². The Balaban J connectivity index is 1.76. The molecule has 0 spiro atoms. The minimum atomic E-state index is 0.527. The van der Waals surface area contributed by atoms with E-state index in [0.717, 1.165) is 61.2 Å². The van der Waals surface area contributed by atoms with E-state index in [2.05, 4.69) is 38.7 Å². The van der Waals surface area contributed by atoms with Crippen molar-refractivity contribution in [3.8, 4) is 0 Å². The predicted molar refractivity (Wildman–Crippen MR) is 88.7 cm³/mol. The molecule has 1 aliphatic heterocycles. The van der Waals surface area contributed by atoms with Crippen molar-refractivity contribution in [2.75, 3.05) is 31.2 Å². The average Bonchev–Trinajstić information content (AvgIpc) is 3.12. The number of anilines is 1. The Morgan fingerprint density at radius 2 is 2.04 bits per heavy atom. The lowest BCUT2D eigenvalue weighted by Crippen LogP contribution is -2.38. The van der Waals surface area contributed by atoms with E-state index >= 15 is 0 Å². The standard InChI is InChI=1S/C15H23N5O2S/c1-11(2)9-20-14(19-4-6-21-7-5-19)16-17-15(20)23-10-13-8-12(3)22-18-13/h8,11H,4-7,9-10H2,1-3H3. The molecule has 23 heavy (non-hydrogen) atoms. The maximum absolute atomic E-state index is 5.43. The molecule has 0 amide bonds. The summed E-state index contributed by atoms with van der Waals surface area (Å²) in [7, 11) is 0.